The molecular weight excluding hydrogens is 230 g/mol. The van der Waals surface area contributed by atoms with Crippen LogP contribution in [0.1, 0.15) is 23.5 Å². The number of nitrogens with one attached hydrogen (secondary N) is 1. The molecule has 1 nitrogen and oxygen atoms in total. The van der Waals surface area contributed by atoms with E-state index in [-0.39, 0.29) is 0 Å². The molecule has 1 saturated carbocycles. The normalized spacial score (nSPS) is 23.0. The molecule has 0 aromatic heterocycles. The topological polar surface area (TPSA) is 12.0 Å². The maximum atomic E-state index is 3.51. The SMILES string of the molecule is CNC(Cc1ccccc1)C1CC1c1ccccc1. The zero-order valence-corrected chi connectivity index (χ0v) is 11.4. The van der Waals surface area contributed by atoms with E-state index in [0.29, 0.717) is 6.04 Å². The Morgan fingerprint density at radius 1 is 1.00 bits per heavy atom. The summed E-state index contributed by atoms with van der Waals surface area (Å²) < 4.78 is 0. The summed E-state index contributed by atoms with van der Waals surface area (Å²) in [6, 6.07) is 22.3. The maximum absolute atomic E-state index is 3.51. The largest absolute Gasteiger partial charge is 0.316 e. The molecule has 1 aliphatic carbocycles. The third-order valence-electron chi connectivity index (χ3n) is 4.25. The van der Waals surface area contributed by atoms with E-state index in [1.54, 1.807) is 0 Å². The van der Waals surface area contributed by atoms with Gasteiger partial charge in [0, 0.05) is 6.04 Å². The zero-order chi connectivity index (χ0) is 13.1. The van der Waals surface area contributed by atoms with Gasteiger partial charge in [0.1, 0.15) is 0 Å². The average Bonchev–Trinajstić information content (AvgIpc) is 3.27. The summed E-state index contributed by atoms with van der Waals surface area (Å²) in [4.78, 5) is 0. The Morgan fingerprint density at radius 3 is 2.26 bits per heavy atom. The van der Waals surface area contributed by atoms with Crippen LogP contribution in [0.4, 0.5) is 0 Å². The van der Waals surface area contributed by atoms with Crippen molar-refractivity contribution in [1.29, 1.82) is 0 Å². The molecule has 1 fully saturated rings. The van der Waals surface area contributed by atoms with Crippen molar-refractivity contribution in [3.63, 3.8) is 0 Å². The Labute approximate surface area is 115 Å². The van der Waals surface area contributed by atoms with Crippen molar-refractivity contribution < 1.29 is 0 Å². The van der Waals surface area contributed by atoms with E-state index < -0.39 is 0 Å². The fourth-order valence-corrected chi connectivity index (χ4v) is 3.08. The first kappa shape index (κ1) is 12.4. The summed E-state index contributed by atoms with van der Waals surface area (Å²) in [5.41, 5.74) is 2.93. The van der Waals surface area contributed by atoms with Crippen LogP contribution < -0.4 is 5.32 Å². The highest BCUT2D eigenvalue weighted by molar-refractivity contribution is 5.27. The molecule has 98 valence electrons. The van der Waals surface area contributed by atoms with E-state index in [9.17, 15) is 0 Å². The number of hydrogen-bond donors (Lipinski definition) is 1. The Kier molecular flexibility index (Phi) is 3.65. The standard InChI is InChI=1S/C18H21N/c1-19-18(12-14-8-4-2-5-9-14)17-13-16(17)15-10-6-3-7-11-15/h2-11,16-19H,12-13H2,1H3. The quantitative estimate of drug-likeness (QED) is 0.856. The molecule has 0 aliphatic heterocycles. The molecule has 0 saturated heterocycles. The first-order valence-electron chi connectivity index (χ1n) is 7.14. The molecule has 0 heterocycles. The molecule has 2 aromatic carbocycles. The van der Waals surface area contributed by atoms with E-state index in [2.05, 4.69) is 73.0 Å². The fourth-order valence-electron chi connectivity index (χ4n) is 3.08. The zero-order valence-electron chi connectivity index (χ0n) is 11.4. The van der Waals surface area contributed by atoms with Crippen LogP contribution in [0.15, 0.2) is 60.7 Å². The molecule has 1 N–H and O–H groups in total. The minimum Gasteiger partial charge on any atom is -0.316 e. The third kappa shape index (κ3) is 2.87. The van der Waals surface area contributed by atoms with Gasteiger partial charge in [0.05, 0.1) is 0 Å². The first-order chi connectivity index (χ1) is 9.38. The molecule has 0 spiro atoms. The third-order valence-corrected chi connectivity index (χ3v) is 4.25. The van der Waals surface area contributed by atoms with Gasteiger partial charge in [0.2, 0.25) is 0 Å². The Hall–Kier alpha value is -1.60. The van der Waals surface area contributed by atoms with Crippen LogP contribution in [0.2, 0.25) is 0 Å². The Morgan fingerprint density at radius 2 is 1.63 bits per heavy atom. The number of likely N-dealkylation sites (N-methyl/N-ethyl adjacent to an activating group) is 1. The van der Waals surface area contributed by atoms with Gasteiger partial charge >= 0.3 is 0 Å². The molecule has 1 aliphatic rings. The van der Waals surface area contributed by atoms with Crippen LogP contribution in [-0.2, 0) is 6.42 Å². The maximum Gasteiger partial charge on any atom is 0.0139 e. The molecule has 3 atom stereocenters. The average molecular weight is 251 g/mol. The molecule has 0 amide bonds. The monoisotopic (exact) mass is 251 g/mol. The van der Waals surface area contributed by atoms with Crippen LogP contribution in [0, 0.1) is 5.92 Å². The van der Waals surface area contributed by atoms with Gasteiger partial charge in [-0.05, 0) is 42.9 Å². The van der Waals surface area contributed by atoms with Crippen LogP contribution in [0.3, 0.4) is 0 Å². The second-order valence-corrected chi connectivity index (χ2v) is 5.50. The van der Waals surface area contributed by atoms with Crippen molar-refractivity contribution in [2.24, 2.45) is 5.92 Å². The number of benzene rings is 2. The second-order valence-electron chi connectivity index (χ2n) is 5.50. The summed E-state index contributed by atoms with van der Waals surface area (Å²) in [5.74, 6) is 1.54. The highest BCUT2D eigenvalue weighted by Gasteiger charge is 2.42. The van der Waals surface area contributed by atoms with Crippen molar-refractivity contribution in [2.45, 2.75) is 24.8 Å². The lowest BCUT2D eigenvalue weighted by molar-refractivity contribution is 0.491. The summed E-state index contributed by atoms with van der Waals surface area (Å²) in [5, 5.41) is 3.51. The molecular formula is C18H21N. The number of rotatable bonds is 5. The van der Waals surface area contributed by atoms with E-state index in [1.807, 2.05) is 0 Å². The van der Waals surface area contributed by atoms with Gasteiger partial charge < -0.3 is 5.32 Å². The summed E-state index contributed by atoms with van der Waals surface area (Å²) in [7, 11) is 2.09. The van der Waals surface area contributed by atoms with Crippen molar-refractivity contribution >= 4 is 0 Å². The van der Waals surface area contributed by atoms with Gasteiger partial charge in [-0.15, -0.1) is 0 Å². The van der Waals surface area contributed by atoms with Crippen LogP contribution in [0.5, 0.6) is 0 Å². The molecule has 0 radical (unpaired) electrons. The molecule has 3 rings (SSSR count). The minimum atomic E-state index is 0.590. The van der Waals surface area contributed by atoms with E-state index >= 15 is 0 Å². The van der Waals surface area contributed by atoms with Crippen molar-refractivity contribution in [1.82, 2.24) is 5.32 Å². The molecule has 1 heteroatoms. The fraction of sp³-hybridized carbons (Fsp3) is 0.333. The van der Waals surface area contributed by atoms with Crippen molar-refractivity contribution in [2.75, 3.05) is 7.05 Å². The predicted octanol–water partition coefficient (Wildman–Crippen LogP) is 3.62. The van der Waals surface area contributed by atoms with Crippen LogP contribution >= 0.6 is 0 Å². The second kappa shape index (κ2) is 5.58. The highest BCUT2D eigenvalue weighted by atomic mass is 14.9. The molecule has 19 heavy (non-hydrogen) atoms. The Bertz CT molecular complexity index is 506. The van der Waals surface area contributed by atoms with Gasteiger partial charge in [-0.2, -0.15) is 0 Å². The lowest BCUT2D eigenvalue weighted by Crippen LogP contribution is -2.30. The molecule has 0 bridgehead atoms. The van der Waals surface area contributed by atoms with Crippen molar-refractivity contribution in [3.05, 3.63) is 71.8 Å². The van der Waals surface area contributed by atoms with Crippen molar-refractivity contribution in [3.8, 4) is 0 Å². The predicted molar refractivity (Wildman–Crippen MR) is 80.3 cm³/mol. The van der Waals surface area contributed by atoms with Gasteiger partial charge in [-0.3, -0.25) is 0 Å². The molecule has 2 aromatic rings. The van der Waals surface area contributed by atoms with Crippen LogP contribution in [-0.4, -0.2) is 13.1 Å². The van der Waals surface area contributed by atoms with E-state index in [0.717, 1.165) is 18.3 Å². The Balaban J connectivity index is 1.65. The summed E-state index contributed by atoms with van der Waals surface area (Å²) in [6.45, 7) is 0. The first-order valence-corrected chi connectivity index (χ1v) is 7.14. The van der Waals surface area contributed by atoms with Gasteiger partial charge in [-0.1, -0.05) is 60.7 Å². The number of hydrogen-bond acceptors (Lipinski definition) is 1. The summed E-state index contributed by atoms with van der Waals surface area (Å²) >= 11 is 0. The van der Waals surface area contributed by atoms with Gasteiger partial charge in [0.15, 0.2) is 0 Å². The van der Waals surface area contributed by atoms with Crippen LogP contribution in [0.25, 0.3) is 0 Å². The van der Waals surface area contributed by atoms with Gasteiger partial charge in [-0.25, -0.2) is 0 Å². The van der Waals surface area contributed by atoms with E-state index in [1.165, 1.54) is 17.5 Å². The lowest BCUT2D eigenvalue weighted by Gasteiger charge is -2.16. The minimum absolute atomic E-state index is 0.590. The summed E-state index contributed by atoms with van der Waals surface area (Å²) in [6.07, 6.45) is 2.45. The molecule has 3 unspecified atom stereocenters. The van der Waals surface area contributed by atoms with Gasteiger partial charge in [0.25, 0.3) is 0 Å². The van der Waals surface area contributed by atoms with E-state index in [4.69, 9.17) is 0 Å². The smallest absolute Gasteiger partial charge is 0.0139 e. The highest BCUT2D eigenvalue weighted by Crippen LogP contribution is 2.49. The lowest BCUT2D eigenvalue weighted by atomic mass is 9.99.